The number of aromatic nitrogens is 2. The SMILES string of the molecule is COc1ccc([C@H](C)NC(=O)N[C@@H](C)Cn2cccn2)cc1OC. The number of amides is 2. The molecule has 7 heteroatoms. The summed E-state index contributed by atoms with van der Waals surface area (Å²) >= 11 is 0. The molecular weight excluding hydrogens is 308 g/mol. The topological polar surface area (TPSA) is 77.4 Å². The molecule has 0 aliphatic carbocycles. The third-order valence-electron chi connectivity index (χ3n) is 3.65. The molecule has 0 aliphatic rings. The number of ether oxygens (including phenoxy) is 2. The first-order chi connectivity index (χ1) is 11.5. The molecule has 2 N–H and O–H groups in total. The molecule has 130 valence electrons. The summed E-state index contributed by atoms with van der Waals surface area (Å²) in [4.78, 5) is 12.1. The first kappa shape index (κ1) is 17.7. The third kappa shape index (κ3) is 4.65. The molecule has 2 atom stereocenters. The van der Waals surface area contributed by atoms with E-state index in [9.17, 15) is 4.79 Å². The predicted octanol–water partition coefficient (Wildman–Crippen LogP) is 2.35. The molecule has 24 heavy (non-hydrogen) atoms. The van der Waals surface area contributed by atoms with Gasteiger partial charge in [-0.1, -0.05) is 6.07 Å². The van der Waals surface area contributed by atoms with E-state index in [1.165, 1.54) is 0 Å². The Morgan fingerprint density at radius 3 is 2.58 bits per heavy atom. The lowest BCUT2D eigenvalue weighted by atomic mass is 10.1. The second-order valence-electron chi connectivity index (χ2n) is 5.58. The van der Waals surface area contributed by atoms with Gasteiger partial charge in [-0.05, 0) is 37.6 Å². The minimum Gasteiger partial charge on any atom is -0.493 e. The molecule has 0 spiro atoms. The number of nitrogens with zero attached hydrogens (tertiary/aromatic N) is 2. The standard InChI is InChI=1S/C17H24N4O3/c1-12(11-21-9-5-8-18-21)19-17(22)20-13(2)14-6-7-15(23-3)16(10-14)24-4/h5-10,12-13H,11H2,1-4H3,(H2,19,20,22)/t12-,13-/m0/s1. The molecule has 2 amide bonds. The maximum absolute atomic E-state index is 12.1. The molecular formula is C17H24N4O3. The number of urea groups is 1. The van der Waals surface area contributed by atoms with E-state index in [1.54, 1.807) is 25.1 Å². The lowest BCUT2D eigenvalue weighted by Gasteiger charge is -2.19. The first-order valence-electron chi connectivity index (χ1n) is 7.80. The zero-order chi connectivity index (χ0) is 17.5. The summed E-state index contributed by atoms with van der Waals surface area (Å²) in [5, 5.41) is 9.95. The predicted molar refractivity (Wildman–Crippen MR) is 91.3 cm³/mol. The Morgan fingerprint density at radius 1 is 1.21 bits per heavy atom. The van der Waals surface area contributed by atoms with Gasteiger partial charge in [0.15, 0.2) is 11.5 Å². The van der Waals surface area contributed by atoms with Gasteiger partial charge in [0.2, 0.25) is 0 Å². The molecule has 0 radical (unpaired) electrons. The summed E-state index contributed by atoms with van der Waals surface area (Å²) in [6, 6.07) is 7.01. The normalized spacial score (nSPS) is 13.0. The quantitative estimate of drug-likeness (QED) is 0.816. The molecule has 1 heterocycles. The van der Waals surface area contributed by atoms with Crippen molar-refractivity contribution in [2.45, 2.75) is 32.5 Å². The van der Waals surface area contributed by atoms with Crippen LogP contribution in [0.5, 0.6) is 11.5 Å². The van der Waals surface area contributed by atoms with Crippen molar-refractivity contribution >= 4 is 6.03 Å². The van der Waals surface area contributed by atoms with Crippen molar-refractivity contribution < 1.29 is 14.3 Å². The minimum atomic E-state index is -0.225. The number of rotatable bonds is 7. The number of nitrogens with one attached hydrogen (secondary N) is 2. The molecule has 1 aromatic heterocycles. The van der Waals surface area contributed by atoms with Crippen LogP contribution in [0.4, 0.5) is 4.79 Å². The van der Waals surface area contributed by atoms with Crippen LogP contribution in [0.1, 0.15) is 25.5 Å². The molecule has 0 aliphatic heterocycles. The minimum absolute atomic E-state index is 0.0393. The lowest BCUT2D eigenvalue weighted by Crippen LogP contribution is -2.43. The lowest BCUT2D eigenvalue weighted by molar-refractivity contribution is 0.233. The fourth-order valence-electron chi connectivity index (χ4n) is 2.40. The Kier molecular flexibility index (Phi) is 6.06. The van der Waals surface area contributed by atoms with Crippen molar-refractivity contribution in [3.63, 3.8) is 0 Å². The second-order valence-corrected chi connectivity index (χ2v) is 5.58. The fraction of sp³-hybridized carbons (Fsp3) is 0.412. The highest BCUT2D eigenvalue weighted by Gasteiger charge is 2.14. The first-order valence-corrected chi connectivity index (χ1v) is 7.80. The highest BCUT2D eigenvalue weighted by Crippen LogP contribution is 2.29. The maximum Gasteiger partial charge on any atom is 0.315 e. The van der Waals surface area contributed by atoms with Crippen molar-refractivity contribution in [3.8, 4) is 11.5 Å². The molecule has 0 saturated carbocycles. The summed E-state index contributed by atoms with van der Waals surface area (Å²) in [5.41, 5.74) is 0.933. The van der Waals surface area contributed by atoms with Crippen molar-refractivity contribution in [2.75, 3.05) is 14.2 Å². The van der Waals surface area contributed by atoms with Crippen LogP contribution in [0.2, 0.25) is 0 Å². The Hall–Kier alpha value is -2.70. The highest BCUT2D eigenvalue weighted by molar-refractivity contribution is 5.74. The molecule has 0 saturated heterocycles. The van der Waals surface area contributed by atoms with Gasteiger partial charge in [0.05, 0.1) is 26.8 Å². The molecule has 1 aromatic carbocycles. The Balaban J connectivity index is 1.91. The van der Waals surface area contributed by atoms with E-state index in [2.05, 4.69) is 15.7 Å². The second kappa shape index (κ2) is 8.24. The van der Waals surface area contributed by atoms with Gasteiger partial charge in [0.25, 0.3) is 0 Å². The van der Waals surface area contributed by atoms with E-state index in [0.717, 1.165) is 5.56 Å². The van der Waals surface area contributed by atoms with Gasteiger partial charge in [-0.3, -0.25) is 4.68 Å². The summed E-state index contributed by atoms with van der Waals surface area (Å²) in [6.07, 6.45) is 3.58. The Morgan fingerprint density at radius 2 is 1.96 bits per heavy atom. The summed E-state index contributed by atoms with van der Waals surface area (Å²) < 4.78 is 12.3. The van der Waals surface area contributed by atoms with E-state index >= 15 is 0 Å². The summed E-state index contributed by atoms with van der Waals surface area (Å²) in [5.74, 6) is 1.29. The van der Waals surface area contributed by atoms with Crippen LogP contribution < -0.4 is 20.1 Å². The van der Waals surface area contributed by atoms with E-state index in [-0.39, 0.29) is 18.1 Å². The Bertz CT molecular complexity index is 658. The van der Waals surface area contributed by atoms with Crippen LogP contribution in [-0.2, 0) is 6.54 Å². The fourth-order valence-corrected chi connectivity index (χ4v) is 2.40. The van der Waals surface area contributed by atoms with Gasteiger partial charge >= 0.3 is 6.03 Å². The third-order valence-corrected chi connectivity index (χ3v) is 3.65. The molecule has 2 rings (SSSR count). The van der Waals surface area contributed by atoms with E-state index in [1.807, 2.05) is 44.3 Å². The van der Waals surface area contributed by atoms with Crippen LogP contribution in [0.3, 0.4) is 0 Å². The zero-order valence-electron chi connectivity index (χ0n) is 14.4. The number of carbonyl (C=O) groups excluding carboxylic acids is 1. The van der Waals surface area contributed by atoms with Crippen LogP contribution in [0.15, 0.2) is 36.7 Å². The van der Waals surface area contributed by atoms with E-state index in [4.69, 9.17) is 9.47 Å². The monoisotopic (exact) mass is 332 g/mol. The van der Waals surface area contributed by atoms with E-state index < -0.39 is 0 Å². The number of benzene rings is 1. The van der Waals surface area contributed by atoms with Crippen LogP contribution in [-0.4, -0.2) is 36.1 Å². The number of methoxy groups -OCH3 is 2. The average molecular weight is 332 g/mol. The maximum atomic E-state index is 12.1. The van der Waals surface area contributed by atoms with Crippen LogP contribution >= 0.6 is 0 Å². The van der Waals surface area contributed by atoms with Crippen molar-refractivity contribution in [1.82, 2.24) is 20.4 Å². The van der Waals surface area contributed by atoms with Crippen LogP contribution in [0, 0.1) is 0 Å². The molecule has 7 nitrogen and oxygen atoms in total. The number of carbonyl (C=O) groups is 1. The summed E-state index contributed by atoms with van der Waals surface area (Å²) in [6.45, 7) is 4.46. The van der Waals surface area contributed by atoms with Crippen molar-refractivity contribution in [3.05, 3.63) is 42.2 Å². The van der Waals surface area contributed by atoms with Gasteiger partial charge in [-0.2, -0.15) is 5.10 Å². The Labute approximate surface area is 142 Å². The molecule has 0 fully saturated rings. The smallest absolute Gasteiger partial charge is 0.315 e. The average Bonchev–Trinajstić information content (AvgIpc) is 3.06. The highest BCUT2D eigenvalue weighted by atomic mass is 16.5. The van der Waals surface area contributed by atoms with Gasteiger partial charge < -0.3 is 20.1 Å². The zero-order valence-corrected chi connectivity index (χ0v) is 14.4. The molecule has 2 aromatic rings. The van der Waals surface area contributed by atoms with Crippen molar-refractivity contribution in [1.29, 1.82) is 0 Å². The van der Waals surface area contributed by atoms with Crippen LogP contribution in [0.25, 0.3) is 0 Å². The van der Waals surface area contributed by atoms with Crippen molar-refractivity contribution in [2.24, 2.45) is 0 Å². The molecule has 0 unspecified atom stereocenters. The van der Waals surface area contributed by atoms with Gasteiger partial charge in [-0.25, -0.2) is 4.79 Å². The largest absolute Gasteiger partial charge is 0.493 e. The van der Waals surface area contributed by atoms with E-state index in [0.29, 0.717) is 18.0 Å². The summed E-state index contributed by atoms with van der Waals surface area (Å²) in [7, 11) is 3.18. The van der Waals surface area contributed by atoms with Gasteiger partial charge in [-0.15, -0.1) is 0 Å². The van der Waals surface area contributed by atoms with Gasteiger partial charge in [0.1, 0.15) is 0 Å². The molecule has 0 bridgehead atoms. The number of hydrogen-bond acceptors (Lipinski definition) is 4. The number of hydrogen-bond donors (Lipinski definition) is 2. The van der Waals surface area contributed by atoms with Gasteiger partial charge in [0, 0.05) is 18.4 Å².